The fourth-order valence-electron chi connectivity index (χ4n) is 1.50. The van der Waals surface area contributed by atoms with Crippen LogP contribution in [0.25, 0.3) is 0 Å². The molecule has 1 rings (SSSR count). The van der Waals surface area contributed by atoms with Gasteiger partial charge in [0.1, 0.15) is 0 Å². The maximum atomic E-state index is 11.9. The molecule has 0 bridgehead atoms. The van der Waals surface area contributed by atoms with E-state index in [0.717, 1.165) is 5.56 Å². The van der Waals surface area contributed by atoms with Gasteiger partial charge in [-0.25, -0.2) is 0 Å². The van der Waals surface area contributed by atoms with Crippen molar-refractivity contribution in [2.45, 2.75) is 19.6 Å². The zero-order valence-electron chi connectivity index (χ0n) is 10.9. The van der Waals surface area contributed by atoms with Gasteiger partial charge in [-0.2, -0.15) is 0 Å². The Balaban J connectivity index is 2.54. The average Bonchev–Trinajstić information content (AvgIpc) is 2.34. The van der Waals surface area contributed by atoms with Crippen LogP contribution in [0.5, 0.6) is 0 Å². The molecule has 0 aromatic heterocycles. The van der Waals surface area contributed by atoms with Gasteiger partial charge in [0.15, 0.2) is 6.17 Å². The molecule has 5 nitrogen and oxygen atoms in total. The summed E-state index contributed by atoms with van der Waals surface area (Å²) >= 11 is 0. The quantitative estimate of drug-likeness (QED) is 0.739. The number of nitrogens with one attached hydrogen (secondary N) is 2. The molecule has 1 aromatic carbocycles. The van der Waals surface area contributed by atoms with Crippen LogP contribution in [0.15, 0.2) is 30.3 Å². The normalized spacial score (nSPS) is 12.0. The van der Waals surface area contributed by atoms with E-state index in [0.29, 0.717) is 6.54 Å². The number of carbonyl (C=O) groups is 2. The van der Waals surface area contributed by atoms with Gasteiger partial charge in [-0.15, -0.1) is 0 Å². The number of likely N-dealkylation sites (N-methyl/N-ethyl adjacent to an activating group) is 1. The van der Waals surface area contributed by atoms with Gasteiger partial charge in [-0.3, -0.25) is 14.5 Å². The van der Waals surface area contributed by atoms with E-state index in [4.69, 9.17) is 0 Å². The lowest BCUT2D eigenvalue weighted by Gasteiger charge is -2.23. The Kier molecular flexibility index (Phi) is 5.32. The lowest BCUT2D eigenvalue weighted by atomic mass is 10.2. The molecule has 0 saturated carbocycles. The van der Waals surface area contributed by atoms with Crippen molar-refractivity contribution < 1.29 is 9.59 Å². The average molecular weight is 249 g/mol. The zero-order valence-corrected chi connectivity index (χ0v) is 10.9. The maximum Gasteiger partial charge on any atom is 0.258 e. The Labute approximate surface area is 107 Å². The van der Waals surface area contributed by atoms with Crippen molar-refractivity contribution in [3.8, 4) is 0 Å². The van der Waals surface area contributed by atoms with E-state index in [1.807, 2.05) is 30.3 Å². The molecule has 0 fully saturated rings. The van der Waals surface area contributed by atoms with E-state index < -0.39 is 6.17 Å². The molecule has 5 heteroatoms. The third kappa shape index (κ3) is 4.55. The minimum atomic E-state index is -0.647. The molecule has 0 saturated heterocycles. The second kappa shape index (κ2) is 6.76. The molecule has 0 heterocycles. The summed E-state index contributed by atoms with van der Waals surface area (Å²) in [5.41, 5.74) is 1.02. The van der Waals surface area contributed by atoms with Gasteiger partial charge in [-0.05, 0) is 19.7 Å². The summed E-state index contributed by atoms with van der Waals surface area (Å²) in [5.74, 6) is -0.456. The van der Waals surface area contributed by atoms with Crippen LogP contribution in [-0.2, 0) is 16.1 Å². The van der Waals surface area contributed by atoms with Crippen LogP contribution < -0.4 is 10.6 Å². The molecule has 1 aromatic rings. The number of amides is 2. The topological polar surface area (TPSA) is 61.4 Å². The minimum Gasteiger partial charge on any atom is -0.349 e. The van der Waals surface area contributed by atoms with Crippen molar-refractivity contribution in [3.63, 3.8) is 0 Å². The van der Waals surface area contributed by atoms with Crippen molar-refractivity contribution in [3.05, 3.63) is 35.9 Å². The van der Waals surface area contributed by atoms with Gasteiger partial charge in [0.25, 0.3) is 5.91 Å². The first-order valence-electron chi connectivity index (χ1n) is 5.76. The smallest absolute Gasteiger partial charge is 0.258 e. The van der Waals surface area contributed by atoms with Crippen molar-refractivity contribution in [1.29, 1.82) is 0 Å². The first-order chi connectivity index (χ1) is 8.50. The number of nitrogens with zero attached hydrogens (tertiary/aromatic N) is 1. The lowest BCUT2D eigenvalue weighted by Crippen LogP contribution is -2.53. The predicted molar refractivity (Wildman–Crippen MR) is 69.6 cm³/mol. The third-order valence-corrected chi connectivity index (χ3v) is 2.41. The van der Waals surface area contributed by atoms with Crippen molar-refractivity contribution in [2.24, 2.45) is 0 Å². The molecule has 0 aliphatic carbocycles. The molecule has 2 N–H and O–H groups in total. The van der Waals surface area contributed by atoms with Gasteiger partial charge in [0, 0.05) is 13.5 Å². The van der Waals surface area contributed by atoms with Crippen LogP contribution >= 0.6 is 0 Å². The standard InChI is InChI=1S/C13H19N3O2/c1-10(17)15-12(16(2)3)13(18)14-9-11-7-5-4-6-8-11/h4-8,12H,9H2,1-3H3,(H,14,18)(H,15,17)/t12-/m0/s1. The molecular weight excluding hydrogens is 230 g/mol. The van der Waals surface area contributed by atoms with Crippen LogP contribution in [0.1, 0.15) is 12.5 Å². The summed E-state index contributed by atoms with van der Waals surface area (Å²) in [5, 5.41) is 5.38. The SMILES string of the molecule is CC(=O)N[C@H](C(=O)NCc1ccccc1)N(C)C. The largest absolute Gasteiger partial charge is 0.349 e. The molecule has 2 amide bonds. The number of hydrogen-bond acceptors (Lipinski definition) is 3. The van der Waals surface area contributed by atoms with Crippen LogP contribution in [0.4, 0.5) is 0 Å². The second-order valence-corrected chi connectivity index (χ2v) is 4.27. The van der Waals surface area contributed by atoms with Gasteiger partial charge in [0.2, 0.25) is 5.91 Å². The number of carbonyl (C=O) groups excluding carboxylic acids is 2. The highest BCUT2D eigenvalue weighted by atomic mass is 16.2. The van der Waals surface area contributed by atoms with Gasteiger partial charge in [0.05, 0.1) is 0 Å². The van der Waals surface area contributed by atoms with E-state index >= 15 is 0 Å². The summed E-state index contributed by atoms with van der Waals surface area (Å²) < 4.78 is 0. The molecule has 0 aliphatic heterocycles. The van der Waals surface area contributed by atoms with Gasteiger partial charge in [-0.1, -0.05) is 30.3 Å². The van der Waals surface area contributed by atoms with Crippen molar-refractivity contribution >= 4 is 11.8 Å². The molecule has 0 spiro atoms. The first kappa shape index (κ1) is 14.2. The summed E-state index contributed by atoms with van der Waals surface area (Å²) in [6.45, 7) is 1.84. The fourth-order valence-corrected chi connectivity index (χ4v) is 1.50. The Morgan fingerprint density at radius 3 is 2.33 bits per heavy atom. The molecule has 98 valence electrons. The van der Waals surface area contributed by atoms with E-state index in [1.54, 1.807) is 19.0 Å². The van der Waals surface area contributed by atoms with Crippen LogP contribution in [0, 0.1) is 0 Å². The Bertz CT molecular complexity index is 404. The number of hydrogen-bond donors (Lipinski definition) is 2. The zero-order chi connectivity index (χ0) is 13.5. The summed E-state index contributed by atoms with van der Waals surface area (Å²) in [6.07, 6.45) is -0.647. The monoisotopic (exact) mass is 249 g/mol. The lowest BCUT2D eigenvalue weighted by molar-refractivity contribution is -0.131. The summed E-state index contributed by atoms with van der Waals surface area (Å²) in [4.78, 5) is 24.6. The summed E-state index contributed by atoms with van der Waals surface area (Å²) in [6, 6.07) is 9.62. The summed E-state index contributed by atoms with van der Waals surface area (Å²) in [7, 11) is 3.48. The minimum absolute atomic E-state index is 0.223. The van der Waals surface area contributed by atoms with E-state index in [1.165, 1.54) is 6.92 Å². The number of benzene rings is 1. The Morgan fingerprint density at radius 1 is 1.22 bits per heavy atom. The molecular formula is C13H19N3O2. The van der Waals surface area contributed by atoms with E-state index in [-0.39, 0.29) is 11.8 Å². The van der Waals surface area contributed by atoms with Crippen LogP contribution in [-0.4, -0.2) is 37.0 Å². The second-order valence-electron chi connectivity index (χ2n) is 4.27. The highest BCUT2D eigenvalue weighted by molar-refractivity contribution is 5.86. The molecule has 0 aliphatic rings. The predicted octanol–water partition coefficient (Wildman–Crippen LogP) is 0.327. The van der Waals surface area contributed by atoms with Gasteiger partial charge < -0.3 is 10.6 Å². The number of rotatable bonds is 5. The van der Waals surface area contributed by atoms with Crippen molar-refractivity contribution in [2.75, 3.05) is 14.1 Å². The fraction of sp³-hybridized carbons (Fsp3) is 0.385. The maximum absolute atomic E-state index is 11.9. The third-order valence-electron chi connectivity index (χ3n) is 2.41. The van der Waals surface area contributed by atoms with E-state index in [2.05, 4.69) is 10.6 Å². The Hall–Kier alpha value is -1.88. The van der Waals surface area contributed by atoms with E-state index in [9.17, 15) is 9.59 Å². The first-order valence-corrected chi connectivity index (χ1v) is 5.76. The molecule has 18 heavy (non-hydrogen) atoms. The molecule has 1 atom stereocenters. The van der Waals surface area contributed by atoms with Crippen LogP contribution in [0.2, 0.25) is 0 Å². The molecule has 0 unspecified atom stereocenters. The highest BCUT2D eigenvalue weighted by Crippen LogP contribution is 1.98. The van der Waals surface area contributed by atoms with Crippen molar-refractivity contribution in [1.82, 2.24) is 15.5 Å². The molecule has 0 radical (unpaired) electrons. The van der Waals surface area contributed by atoms with Gasteiger partial charge >= 0.3 is 0 Å². The van der Waals surface area contributed by atoms with Crippen LogP contribution in [0.3, 0.4) is 0 Å². The Morgan fingerprint density at radius 2 is 1.83 bits per heavy atom. The highest BCUT2D eigenvalue weighted by Gasteiger charge is 2.20.